The molecule has 1 atom stereocenters. The first-order chi connectivity index (χ1) is 9.47. The van der Waals surface area contributed by atoms with Crippen LogP contribution in [-0.2, 0) is 15.1 Å². The lowest BCUT2D eigenvalue weighted by atomic mass is 9.91. The van der Waals surface area contributed by atoms with Crippen LogP contribution in [0.5, 0.6) is 0 Å². The predicted octanol–water partition coefficient (Wildman–Crippen LogP) is 3.37. The van der Waals surface area contributed by atoms with Gasteiger partial charge in [-0.25, -0.2) is 9.18 Å². The molecule has 110 valence electrons. The highest BCUT2D eigenvalue weighted by Crippen LogP contribution is 2.33. The number of benzene rings is 1. The number of halogens is 2. The fourth-order valence-electron chi connectivity index (χ4n) is 2.12. The molecule has 0 aromatic heterocycles. The van der Waals surface area contributed by atoms with Gasteiger partial charge in [0.1, 0.15) is 11.4 Å². The third-order valence-corrected chi connectivity index (χ3v) is 4.25. The number of hydrogen-bond donors (Lipinski definition) is 1. The molecule has 3 nitrogen and oxygen atoms in total. The maximum Gasteiger partial charge on any atom is 0.330 e. The van der Waals surface area contributed by atoms with Gasteiger partial charge < -0.3 is 4.74 Å². The Bertz CT molecular complexity index is 505. The fraction of sp³-hybridized carbons (Fsp3) is 0.533. The highest BCUT2D eigenvalue weighted by atomic mass is 79.9. The Labute approximate surface area is 127 Å². The van der Waals surface area contributed by atoms with Crippen molar-refractivity contribution < 1.29 is 13.9 Å². The average molecular weight is 344 g/mol. The van der Waals surface area contributed by atoms with Crippen LogP contribution in [0.4, 0.5) is 4.39 Å². The minimum absolute atomic E-state index is 0.318. The molecule has 2 rings (SSSR count). The molecule has 1 aromatic rings. The Hall–Kier alpha value is -0.940. The molecule has 0 bridgehead atoms. The standard InChI is InChI=1S/C15H19BrFNO2/c1-3-20-14(19)15(2,18-9-10-4-5-10)12-7-6-11(17)8-13(12)16/h6-8,10,18H,3-5,9H2,1-2H3. The monoisotopic (exact) mass is 343 g/mol. The molecule has 0 heterocycles. The second-order valence-corrected chi connectivity index (χ2v) is 6.15. The molecule has 0 radical (unpaired) electrons. The van der Waals surface area contributed by atoms with Gasteiger partial charge in [-0.15, -0.1) is 0 Å². The summed E-state index contributed by atoms with van der Waals surface area (Å²) in [6.07, 6.45) is 2.38. The van der Waals surface area contributed by atoms with E-state index in [0.717, 1.165) is 6.54 Å². The number of hydrogen-bond acceptors (Lipinski definition) is 3. The third kappa shape index (κ3) is 3.38. The van der Waals surface area contributed by atoms with Crippen LogP contribution in [0.15, 0.2) is 22.7 Å². The van der Waals surface area contributed by atoms with Crippen molar-refractivity contribution in [1.82, 2.24) is 5.32 Å². The van der Waals surface area contributed by atoms with Gasteiger partial charge in [0.2, 0.25) is 0 Å². The molecule has 1 aliphatic carbocycles. The Balaban J connectivity index is 2.29. The average Bonchev–Trinajstić information content (AvgIpc) is 3.20. The minimum Gasteiger partial charge on any atom is -0.464 e. The first-order valence-corrected chi connectivity index (χ1v) is 7.64. The van der Waals surface area contributed by atoms with Crippen LogP contribution in [-0.4, -0.2) is 19.1 Å². The number of carbonyl (C=O) groups is 1. The van der Waals surface area contributed by atoms with Crippen LogP contribution >= 0.6 is 15.9 Å². The number of nitrogens with one attached hydrogen (secondary N) is 1. The van der Waals surface area contributed by atoms with Gasteiger partial charge in [0.05, 0.1) is 6.61 Å². The fourth-order valence-corrected chi connectivity index (χ4v) is 2.87. The predicted molar refractivity (Wildman–Crippen MR) is 78.8 cm³/mol. The van der Waals surface area contributed by atoms with Crippen molar-refractivity contribution >= 4 is 21.9 Å². The van der Waals surface area contributed by atoms with Gasteiger partial charge in [-0.3, -0.25) is 5.32 Å². The Morgan fingerprint density at radius 1 is 1.55 bits per heavy atom. The van der Waals surface area contributed by atoms with Crippen LogP contribution in [0.1, 0.15) is 32.3 Å². The van der Waals surface area contributed by atoms with Crippen molar-refractivity contribution in [1.29, 1.82) is 0 Å². The van der Waals surface area contributed by atoms with E-state index in [4.69, 9.17) is 4.74 Å². The summed E-state index contributed by atoms with van der Waals surface area (Å²) in [6.45, 7) is 4.64. The van der Waals surface area contributed by atoms with E-state index in [0.29, 0.717) is 22.6 Å². The number of esters is 1. The minimum atomic E-state index is -0.967. The summed E-state index contributed by atoms with van der Waals surface area (Å²) in [7, 11) is 0. The number of carbonyl (C=O) groups excluding carboxylic acids is 1. The van der Waals surface area contributed by atoms with Crippen molar-refractivity contribution in [2.24, 2.45) is 5.92 Å². The normalized spacial score (nSPS) is 17.6. The topological polar surface area (TPSA) is 38.3 Å². The third-order valence-electron chi connectivity index (χ3n) is 3.59. The zero-order valence-electron chi connectivity index (χ0n) is 11.7. The van der Waals surface area contributed by atoms with Gasteiger partial charge in [0.25, 0.3) is 0 Å². The lowest BCUT2D eigenvalue weighted by Crippen LogP contribution is -2.48. The van der Waals surface area contributed by atoms with Crippen LogP contribution in [0, 0.1) is 11.7 Å². The van der Waals surface area contributed by atoms with E-state index in [9.17, 15) is 9.18 Å². The largest absolute Gasteiger partial charge is 0.464 e. The van der Waals surface area contributed by atoms with Crippen molar-refractivity contribution in [2.45, 2.75) is 32.2 Å². The van der Waals surface area contributed by atoms with E-state index in [1.54, 1.807) is 19.9 Å². The summed E-state index contributed by atoms with van der Waals surface area (Å²) in [6, 6.07) is 4.35. The van der Waals surface area contributed by atoms with Crippen LogP contribution in [0.3, 0.4) is 0 Å². The summed E-state index contributed by atoms with van der Waals surface area (Å²) in [5, 5.41) is 3.29. The van der Waals surface area contributed by atoms with Gasteiger partial charge in [0, 0.05) is 4.47 Å². The molecule has 1 aromatic carbocycles. The summed E-state index contributed by atoms with van der Waals surface area (Å²) in [5.41, 5.74) is -0.275. The van der Waals surface area contributed by atoms with Crippen molar-refractivity contribution in [2.75, 3.05) is 13.2 Å². The molecule has 1 N–H and O–H groups in total. The second kappa shape index (κ2) is 6.22. The van der Waals surface area contributed by atoms with Crippen LogP contribution in [0.25, 0.3) is 0 Å². The van der Waals surface area contributed by atoms with Crippen molar-refractivity contribution in [3.05, 3.63) is 34.1 Å². The smallest absolute Gasteiger partial charge is 0.330 e. The second-order valence-electron chi connectivity index (χ2n) is 5.29. The molecule has 0 aliphatic heterocycles. The number of ether oxygens (including phenoxy) is 1. The maximum absolute atomic E-state index is 13.2. The maximum atomic E-state index is 13.2. The van der Waals surface area contributed by atoms with Crippen molar-refractivity contribution in [3.8, 4) is 0 Å². The highest BCUT2D eigenvalue weighted by molar-refractivity contribution is 9.10. The van der Waals surface area contributed by atoms with E-state index in [1.807, 2.05) is 0 Å². The van der Waals surface area contributed by atoms with E-state index in [1.165, 1.54) is 25.0 Å². The summed E-state index contributed by atoms with van der Waals surface area (Å²) in [4.78, 5) is 12.3. The lowest BCUT2D eigenvalue weighted by molar-refractivity contribution is -0.151. The van der Waals surface area contributed by atoms with Gasteiger partial charge in [-0.05, 0) is 56.8 Å². The molecule has 1 aliphatic rings. The zero-order chi connectivity index (χ0) is 14.8. The molecule has 0 spiro atoms. The molecule has 1 unspecified atom stereocenters. The first-order valence-electron chi connectivity index (χ1n) is 6.85. The molecular formula is C15H19BrFNO2. The quantitative estimate of drug-likeness (QED) is 0.805. The molecule has 0 saturated heterocycles. The van der Waals surface area contributed by atoms with E-state index in [-0.39, 0.29) is 11.8 Å². The molecule has 0 amide bonds. The van der Waals surface area contributed by atoms with Gasteiger partial charge in [0.15, 0.2) is 0 Å². The lowest BCUT2D eigenvalue weighted by Gasteiger charge is -2.30. The van der Waals surface area contributed by atoms with Crippen LogP contribution in [0.2, 0.25) is 0 Å². The van der Waals surface area contributed by atoms with Gasteiger partial charge in [-0.1, -0.05) is 22.0 Å². The first kappa shape index (κ1) is 15.4. The van der Waals surface area contributed by atoms with Gasteiger partial charge >= 0.3 is 5.97 Å². The van der Waals surface area contributed by atoms with Crippen molar-refractivity contribution in [3.63, 3.8) is 0 Å². The highest BCUT2D eigenvalue weighted by Gasteiger charge is 2.39. The summed E-state index contributed by atoms with van der Waals surface area (Å²) in [5.74, 6) is -0.0510. The molecular weight excluding hydrogens is 325 g/mol. The van der Waals surface area contributed by atoms with E-state index < -0.39 is 5.54 Å². The molecule has 20 heavy (non-hydrogen) atoms. The summed E-state index contributed by atoms with van der Waals surface area (Å²) >= 11 is 3.34. The molecule has 5 heteroatoms. The van der Waals surface area contributed by atoms with Gasteiger partial charge in [-0.2, -0.15) is 0 Å². The number of rotatable bonds is 6. The zero-order valence-corrected chi connectivity index (χ0v) is 13.3. The van der Waals surface area contributed by atoms with E-state index >= 15 is 0 Å². The van der Waals surface area contributed by atoms with E-state index in [2.05, 4.69) is 21.2 Å². The molecule has 1 saturated carbocycles. The molecule has 1 fully saturated rings. The Kier molecular flexibility index (Phi) is 4.81. The Morgan fingerprint density at radius 3 is 2.80 bits per heavy atom. The van der Waals surface area contributed by atoms with Crippen LogP contribution < -0.4 is 5.32 Å². The summed E-state index contributed by atoms with van der Waals surface area (Å²) < 4.78 is 19.0. The Morgan fingerprint density at radius 2 is 2.25 bits per heavy atom. The SMILES string of the molecule is CCOC(=O)C(C)(NCC1CC1)c1ccc(F)cc1Br.